The van der Waals surface area contributed by atoms with E-state index in [1.165, 1.54) is 11.1 Å². The van der Waals surface area contributed by atoms with Crippen molar-refractivity contribution in [1.29, 1.82) is 0 Å². The van der Waals surface area contributed by atoms with Crippen molar-refractivity contribution in [2.45, 2.75) is 179 Å². The van der Waals surface area contributed by atoms with E-state index < -0.39 is 24.3 Å². The Kier molecular flexibility index (Phi) is 15.9. The van der Waals surface area contributed by atoms with Crippen LogP contribution >= 0.6 is 0 Å². The van der Waals surface area contributed by atoms with Crippen LogP contribution in [0.5, 0.6) is 0 Å². The molecule has 2 atom stereocenters. The lowest BCUT2D eigenvalue weighted by Crippen LogP contribution is -2.28. The first-order valence-corrected chi connectivity index (χ1v) is 17.2. The highest BCUT2D eigenvalue weighted by molar-refractivity contribution is 5.75. The van der Waals surface area contributed by atoms with E-state index in [1.54, 1.807) is 0 Å². The molecule has 0 N–H and O–H groups in total. The Morgan fingerprint density at radius 3 is 1.26 bits per heavy atom. The molecule has 1 aromatic rings. The van der Waals surface area contributed by atoms with Crippen LogP contribution in [0, 0.1) is 0 Å². The standard InChI is InChI=1S/C36H56F2O4/c1-3-5-7-9-11-13-33(37)35(39)41-31-23-19-29(20-24-31)27-15-17-28(18-16-27)30-21-25-32(26-22-30)42-36(40)34(38)14-12-10-8-6-4-2/h15-18,29-34H,3-14,19-26H2,1-2H3/t29?,30?,31?,32?,33-,34-/m0/s1. The molecule has 6 heteroatoms. The zero-order valence-corrected chi connectivity index (χ0v) is 26.3. The van der Waals surface area contributed by atoms with Gasteiger partial charge < -0.3 is 9.47 Å². The number of hydrogen-bond donors (Lipinski definition) is 0. The van der Waals surface area contributed by atoms with Gasteiger partial charge in [-0.2, -0.15) is 0 Å². The summed E-state index contributed by atoms with van der Waals surface area (Å²) in [6, 6.07) is 8.90. The van der Waals surface area contributed by atoms with Crippen molar-refractivity contribution in [3.05, 3.63) is 35.4 Å². The number of alkyl halides is 2. The molecule has 0 saturated heterocycles. The Morgan fingerprint density at radius 2 is 0.929 bits per heavy atom. The molecular formula is C36H56F2O4. The monoisotopic (exact) mass is 590 g/mol. The van der Waals surface area contributed by atoms with E-state index in [0.29, 0.717) is 11.8 Å². The lowest BCUT2D eigenvalue weighted by Gasteiger charge is -2.30. The summed E-state index contributed by atoms with van der Waals surface area (Å²) in [4.78, 5) is 24.4. The fourth-order valence-electron chi connectivity index (χ4n) is 6.63. The highest BCUT2D eigenvalue weighted by Gasteiger charge is 2.30. The first-order chi connectivity index (χ1) is 20.4. The summed E-state index contributed by atoms with van der Waals surface area (Å²) < 4.78 is 39.6. The van der Waals surface area contributed by atoms with Crippen molar-refractivity contribution in [2.24, 2.45) is 0 Å². The van der Waals surface area contributed by atoms with E-state index >= 15 is 0 Å². The van der Waals surface area contributed by atoms with Crippen LogP contribution in [0.25, 0.3) is 0 Å². The highest BCUT2D eigenvalue weighted by atomic mass is 19.1. The number of unbranched alkanes of at least 4 members (excludes halogenated alkanes) is 8. The average molecular weight is 591 g/mol. The fourth-order valence-corrected chi connectivity index (χ4v) is 6.63. The summed E-state index contributed by atoms with van der Waals surface area (Å²) in [5.74, 6) is -0.483. The number of esters is 2. The zero-order chi connectivity index (χ0) is 30.2. The minimum Gasteiger partial charge on any atom is -0.460 e. The van der Waals surface area contributed by atoms with Gasteiger partial charge in [0.1, 0.15) is 12.2 Å². The minimum absolute atomic E-state index is 0.172. The van der Waals surface area contributed by atoms with Gasteiger partial charge in [-0.25, -0.2) is 18.4 Å². The number of rotatable bonds is 18. The Bertz CT molecular complexity index is 815. The van der Waals surface area contributed by atoms with Crippen molar-refractivity contribution in [3.8, 4) is 0 Å². The smallest absolute Gasteiger partial charge is 0.340 e. The van der Waals surface area contributed by atoms with Crippen LogP contribution in [0.4, 0.5) is 8.78 Å². The summed E-state index contributed by atoms with van der Waals surface area (Å²) in [6.07, 6.45) is 14.4. The van der Waals surface area contributed by atoms with E-state index in [-0.39, 0.29) is 25.0 Å². The normalized spacial score (nSPS) is 24.1. The van der Waals surface area contributed by atoms with E-state index in [2.05, 4.69) is 38.1 Å². The van der Waals surface area contributed by atoms with Crippen LogP contribution in [-0.2, 0) is 19.1 Å². The van der Waals surface area contributed by atoms with Gasteiger partial charge in [0.05, 0.1) is 0 Å². The molecule has 2 aliphatic carbocycles. The van der Waals surface area contributed by atoms with Gasteiger partial charge in [-0.1, -0.05) is 89.5 Å². The molecule has 238 valence electrons. The van der Waals surface area contributed by atoms with Gasteiger partial charge in [-0.15, -0.1) is 0 Å². The quantitative estimate of drug-likeness (QED) is 0.126. The maximum Gasteiger partial charge on any atom is 0.340 e. The molecule has 0 radical (unpaired) electrons. The summed E-state index contributed by atoms with van der Waals surface area (Å²) in [7, 11) is 0. The molecule has 1 aromatic carbocycles. The van der Waals surface area contributed by atoms with Crippen molar-refractivity contribution in [1.82, 2.24) is 0 Å². The lowest BCUT2D eigenvalue weighted by molar-refractivity contribution is -0.157. The van der Waals surface area contributed by atoms with Gasteiger partial charge >= 0.3 is 11.9 Å². The SMILES string of the molecule is CCCCCCC[C@H](F)C(=O)OC1CCC(c2ccc(C3CCC(OC(=O)[C@@H](F)CCCCCCC)CC3)cc2)CC1. The Morgan fingerprint density at radius 1 is 0.595 bits per heavy atom. The molecule has 4 nitrogen and oxygen atoms in total. The summed E-state index contributed by atoms with van der Waals surface area (Å²) >= 11 is 0. The second-order valence-corrected chi connectivity index (χ2v) is 12.8. The van der Waals surface area contributed by atoms with Crippen molar-refractivity contribution in [3.63, 3.8) is 0 Å². The number of hydrogen-bond acceptors (Lipinski definition) is 4. The molecule has 0 aliphatic heterocycles. The van der Waals surface area contributed by atoms with E-state index in [1.807, 2.05) is 0 Å². The third kappa shape index (κ3) is 12.0. The number of halogens is 2. The van der Waals surface area contributed by atoms with E-state index in [9.17, 15) is 18.4 Å². The zero-order valence-electron chi connectivity index (χ0n) is 26.3. The van der Waals surface area contributed by atoms with Gasteiger partial charge in [0, 0.05) is 0 Å². The predicted octanol–water partition coefficient (Wildman–Crippen LogP) is 10.2. The first kappa shape index (κ1) is 34.5. The molecule has 2 saturated carbocycles. The summed E-state index contributed by atoms with van der Waals surface area (Å²) in [6.45, 7) is 4.30. The number of carbonyl (C=O) groups is 2. The van der Waals surface area contributed by atoms with Crippen LogP contribution < -0.4 is 0 Å². The Balaban J connectivity index is 1.32. The van der Waals surface area contributed by atoms with Gasteiger partial charge in [0.2, 0.25) is 0 Å². The molecule has 0 aromatic heterocycles. The van der Waals surface area contributed by atoms with Gasteiger partial charge in [-0.3, -0.25) is 0 Å². The van der Waals surface area contributed by atoms with Crippen molar-refractivity contribution < 1.29 is 27.8 Å². The first-order valence-electron chi connectivity index (χ1n) is 17.2. The largest absolute Gasteiger partial charge is 0.460 e. The highest BCUT2D eigenvalue weighted by Crippen LogP contribution is 2.38. The van der Waals surface area contributed by atoms with Crippen molar-refractivity contribution >= 4 is 11.9 Å². The van der Waals surface area contributed by atoms with Gasteiger partial charge in [-0.05, 0) is 100 Å². The Labute approximate surface area is 253 Å². The van der Waals surface area contributed by atoms with Crippen molar-refractivity contribution in [2.75, 3.05) is 0 Å². The van der Waals surface area contributed by atoms with Crippen LogP contribution in [0.1, 0.15) is 165 Å². The van der Waals surface area contributed by atoms with Crippen LogP contribution in [-0.4, -0.2) is 36.5 Å². The topological polar surface area (TPSA) is 52.6 Å². The third-order valence-electron chi connectivity index (χ3n) is 9.43. The molecular weight excluding hydrogens is 534 g/mol. The van der Waals surface area contributed by atoms with Gasteiger partial charge in [0.15, 0.2) is 12.3 Å². The molecule has 0 heterocycles. The maximum atomic E-state index is 14.3. The summed E-state index contributed by atoms with van der Waals surface area (Å²) in [5, 5.41) is 0. The van der Waals surface area contributed by atoms with Crippen LogP contribution in [0.15, 0.2) is 24.3 Å². The fraction of sp³-hybridized carbons (Fsp3) is 0.778. The summed E-state index contributed by atoms with van der Waals surface area (Å²) in [5.41, 5.74) is 2.62. The molecule has 2 fully saturated rings. The maximum absolute atomic E-state index is 14.3. The molecule has 0 unspecified atom stereocenters. The lowest BCUT2D eigenvalue weighted by atomic mass is 9.80. The Hall–Kier alpha value is -1.98. The average Bonchev–Trinajstić information content (AvgIpc) is 3.01. The number of carbonyl (C=O) groups excluding carboxylic acids is 2. The third-order valence-corrected chi connectivity index (χ3v) is 9.43. The van der Waals surface area contributed by atoms with E-state index in [0.717, 1.165) is 116 Å². The van der Waals surface area contributed by atoms with E-state index in [4.69, 9.17) is 9.47 Å². The molecule has 0 amide bonds. The molecule has 0 bridgehead atoms. The predicted molar refractivity (Wildman–Crippen MR) is 165 cm³/mol. The molecule has 2 aliphatic rings. The van der Waals surface area contributed by atoms with Crippen LogP contribution in [0.3, 0.4) is 0 Å². The molecule has 0 spiro atoms. The minimum atomic E-state index is -1.50. The second-order valence-electron chi connectivity index (χ2n) is 12.8. The number of benzene rings is 1. The van der Waals surface area contributed by atoms with Crippen LogP contribution in [0.2, 0.25) is 0 Å². The number of ether oxygens (including phenoxy) is 2. The molecule has 42 heavy (non-hydrogen) atoms. The van der Waals surface area contributed by atoms with Gasteiger partial charge in [0.25, 0.3) is 0 Å². The second kappa shape index (κ2) is 19.3. The molecule has 3 rings (SSSR count).